The highest BCUT2D eigenvalue weighted by Gasteiger charge is 2.21. The zero-order valence-corrected chi connectivity index (χ0v) is 15.6. The second kappa shape index (κ2) is 10.6. The fourth-order valence-electron chi connectivity index (χ4n) is 1.77. The Morgan fingerprint density at radius 3 is 1.19 bits per heavy atom. The standard InChI is InChI=1S/C10H21NO.C7H14O2/c1-7(2)10(12)11(8(3)4)9(5)6;1-5(2)7(8)9-6(3)4/h7-9H,1-6H3;5-6H,1-4H3. The molecule has 0 saturated heterocycles. The SMILES string of the molecule is CC(C)C(=O)N(C(C)C)C(C)C.CC(C)OC(=O)C(C)C. The van der Waals surface area contributed by atoms with Gasteiger partial charge in [0.2, 0.25) is 5.91 Å². The quantitative estimate of drug-likeness (QED) is 0.724. The zero-order valence-electron chi connectivity index (χ0n) is 15.6. The topological polar surface area (TPSA) is 46.6 Å². The van der Waals surface area contributed by atoms with E-state index in [1.807, 2.05) is 46.4 Å². The van der Waals surface area contributed by atoms with Crippen LogP contribution in [0.5, 0.6) is 0 Å². The molecule has 4 heteroatoms. The molecule has 0 spiro atoms. The molecule has 0 radical (unpaired) electrons. The normalized spacial score (nSPS) is 11.0. The summed E-state index contributed by atoms with van der Waals surface area (Å²) in [5.74, 6) is 0.229. The van der Waals surface area contributed by atoms with E-state index < -0.39 is 0 Å². The average molecular weight is 301 g/mol. The van der Waals surface area contributed by atoms with Gasteiger partial charge in [-0.1, -0.05) is 27.7 Å². The van der Waals surface area contributed by atoms with Crippen molar-refractivity contribution in [3.63, 3.8) is 0 Å². The molecule has 0 atom stereocenters. The van der Waals surface area contributed by atoms with Crippen LogP contribution in [0, 0.1) is 11.8 Å². The Balaban J connectivity index is 0. The lowest BCUT2D eigenvalue weighted by molar-refractivity contribution is -0.151. The highest BCUT2D eigenvalue weighted by molar-refractivity contribution is 5.78. The van der Waals surface area contributed by atoms with Gasteiger partial charge in [0.25, 0.3) is 0 Å². The van der Waals surface area contributed by atoms with Gasteiger partial charge in [-0.3, -0.25) is 9.59 Å². The first-order valence-corrected chi connectivity index (χ1v) is 7.94. The smallest absolute Gasteiger partial charge is 0.308 e. The lowest BCUT2D eigenvalue weighted by Crippen LogP contribution is -2.44. The van der Waals surface area contributed by atoms with Gasteiger partial charge in [0.1, 0.15) is 0 Å². The first-order chi connectivity index (χ1) is 9.41. The monoisotopic (exact) mass is 301 g/mol. The molecule has 0 aliphatic rings. The highest BCUT2D eigenvalue weighted by Crippen LogP contribution is 2.10. The van der Waals surface area contributed by atoms with Crippen LogP contribution in [0.25, 0.3) is 0 Å². The summed E-state index contributed by atoms with van der Waals surface area (Å²) in [7, 11) is 0. The van der Waals surface area contributed by atoms with Gasteiger partial charge in [-0.05, 0) is 41.5 Å². The minimum Gasteiger partial charge on any atom is -0.463 e. The number of amides is 1. The third-order valence-corrected chi connectivity index (χ3v) is 2.68. The Hall–Kier alpha value is -1.06. The van der Waals surface area contributed by atoms with Gasteiger partial charge in [-0.15, -0.1) is 0 Å². The van der Waals surface area contributed by atoms with Crippen LogP contribution in [0.3, 0.4) is 0 Å². The number of carbonyl (C=O) groups excluding carboxylic acids is 2. The second-order valence-corrected chi connectivity index (χ2v) is 6.73. The molecule has 0 N–H and O–H groups in total. The number of hydrogen-bond donors (Lipinski definition) is 0. The van der Waals surface area contributed by atoms with E-state index in [-0.39, 0.29) is 29.8 Å². The second-order valence-electron chi connectivity index (χ2n) is 6.73. The largest absolute Gasteiger partial charge is 0.463 e. The summed E-state index contributed by atoms with van der Waals surface area (Å²) in [6, 6.07) is 0.611. The molecule has 1 amide bonds. The van der Waals surface area contributed by atoms with Gasteiger partial charge < -0.3 is 9.64 Å². The number of hydrogen-bond acceptors (Lipinski definition) is 3. The van der Waals surface area contributed by atoms with E-state index in [2.05, 4.69) is 27.7 Å². The molecule has 0 aromatic carbocycles. The Morgan fingerprint density at radius 1 is 0.714 bits per heavy atom. The lowest BCUT2D eigenvalue weighted by atomic mass is 10.1. The van der Waals surface area contributed by atoms with Crippen LogP contribution in [-0.4, -0.2) is 35.0 Å². The third-order valence-electron chi connectivity index (χ3n) is 2.68. The van der Waals surface area contributed by atoms with Crippen molar-refractivity contribution in [2.24, 2.45) is 11.8 Å². The summed E-state index contributed by atoms with van der Waals surface area (Å²) in [5, 5.41) is 0. The molecule has 0 bridgehead atoms. The maximum atomic E-state index is 11.7. The minimum absolute atomic E-state index is 0.00704. The van der Waals surface area contributed by atoms with Crippen LogP contribution >= 0.6 is 0 Å². The fraction of sp³-hybridized carbons (Fsp3) is 0.882. The van der Waals surface area contributed by atoms with Crippen molar-refractivity contribution < 1.29 is 14.3 Å². The first kappa shape index (κ1) is 22.2. The third kappa shape index (κ3) is 10.3. The van der Waals surface area contributed by atoms with Gasteiger partial charge in [0, 0.05) is 18.0 Å². The molecule has 0 fully saturated rings. The van der Waals surface area contributed by atoms with Crippen molar-refractivity contribution in [3.05, 3.63) is 0 Å². The van der Waals surface area contributed by atoms with Gasteiger partial charge >= 0.3 is 5.97 Å². The molecule has 21 heavy (non-hydrogen) atoms. The summed E-state index contributed by atoms with van der Waals surface area (Å²) in [5.41, 5.74) is 0. The zero-order chi connectivity index (χ0) is 17.3. The van der Waals surface area contributed by atoms with E-state index in [0.29, 0.717) is 12.1 Å². The Kier molecular flexibility index (Phi) is 11.3. The molecule has 0 saturated carbocycles. The van der Waals surface area contributed by atoms with E-state index in [1.165, 1.54) is 0 Å². The number of esters is 1. The van der Waals surface area contributed by atoms with E-state index in [9.17, 15) is 9.59 Å². The van der Waals surface area contributed by atoms with Crippen LogP contribution in [-0.2, 0) is 14.3 Å². The fourth-order valence-corrected chi connectivity index (χ4v) is 1.77. The summed E-state index contributed by atoms with van der Waals surface area (Å²) < 4.78 is 4.87. The van der Waals surface area contributed by atoms with Crippen LogP contribution in [0.1, 0.15) is 69.2 Å². The lowest BCUT2D eigenvalue weighted by Gasteiger charge is -2.32. The molecule has 0 aliphatic carbocycles. The summed E-state index contributed by atoms with van der Waals surface area (Å²) >= 11 is 0. The summed E-state index contributed by atoms with van der Waals surface area (Å²) in [4.78, 5) is 24.3. The Morgan fingerprint density at radius 2 is 1.10 bits per heavy atom. The molecule has 0 heterocycles. The van der Waals surface area contributed by atoms with E-state index in [1.54, 1.807) is 0 Å². The average Bonchev–Trinajstić information content (AvgIpc) is 2.27. The van der Waals surface area contributed by atoms with Gasteiger partial charge in [0.15, 0.2) is 0 Å². The van der Waals surface area contributed by atoms with E-state index >= 15 is 0 Å². The number of carbonyl (C=O) groups is 2. The predicted octanol–water partition coefficient (Wildman–Crippen LogP) is 3.88. The van der Waals surface area contributed by atoms with Crippen molar-refractivity contribution in [1.29, 1.82) is 0 Å². The van der Waals surface area contributed by atoms with Crippen molar-refractivity contribution in [1.82, 2.24) is 4.90 Å². The molecule has 0 aromatic heterocycles. The summed E-state index contributed by atoms with van der Waals surface area (Å²) in [6.45, 7) is 19.5. The van der Waals surface area contributed by atoms with Gasteiger partial charge in [0.05, 0.1) is 12.0 Å². The van der Waals surface area contributed by atoms with Crippen LogP contribution in [0.2, 0.25) is 0 Å². The van der Waals surface area contributed by atoms with Crippen LogP contribution in [0.4, 0.5) is 0 Å². The minimum atomic E-state index is -0.120. The number of rotatable bonds is 5. The molecule has 0 aromatic rings. The van der Waals surface area contributed by atoms with Gasteiger partial charge in [-0.2, -0.15) is 0 Å². The van der Waals surface area contributed by atoms with Crippen molar-refractivity contribution >= 4 is 11.9 Å². The Labute approximate surface area is 131 Å². The maximum Gasteiger partial charge on any atom is 0.308 e. The van der Waals surface area contributed by atoms with Gasteiger partial charge in [-0.25, -0.2) is 0 Å². The van der Waals surface area contributed by atoms with Crippen molar-refractivity contribution in [2.75, 3.05) is 0 Å². The number of nitrogens with zero attached hydrogens (tertiary/aromatic N) is 1. The van der Waals surface area contributed by atoms with Crippen molar-refractivity contribution in [2.45, 2.75) is 87.4 Å². The van der Waals surface area contributed by atoms with E-state index in [4.69, 9.17) is 4.74 Å². The van der Waals surface area contributed by atoms with Crippen LogP contribution in [0.15, 0.2) is 0 Å². The molecule has 4 nitrogen and oxygen atoms in total. The van der Waals surface area contributed by atoms with E-state index in [0.717, 1.165) is 0 Å². The van der Waals surface area contributed by atoms with Crippen LogP contribution < -0.4 is 0 Å². The molecular weight excluding hydrogens is 266 g/mol. The molecule has 0 unspecified atom stereocenters. The highest BCUT2D eigenvalue weighted by atomic mass is 16.5. The van der Waals surface area contributed by atoms with Crippen molar-refractivity contribution in [3.8, 4) is 0 Å². The molecule has 0 rings (SSSR count). The number of ether oxygens (including phenoxy) is 1. The Bertz CT molecular complexity index is 299. The maximum absolute atomic E-state index is 11.7. The predicted molar refractivity (Wildman–Crippen MR) is 88.0 cm³/mol. The summed E-state index contributed by atoms with van der Waals surface area (Å²) in [6.07, 6.45) is 0.0138. The molecule has 126 valence electrons. The first-order valence-electron chi connectivity index (χ1n) is 7.94. The molecular formula is C17H35NO3. The molecule has 0 aliphatic heterocycles.